The number of carbonyl (C=O) groups is 2. The number of likely N-dealkylation sites (tertiary alicyclic amines) is 1. The summed E-state index contributed by atoms with van der Waals surface area (Å²) in [5, 5.41) is 2.35. The number of fused-ring (bicyclic) bond motifs is 1. The zero-order valence-electron chi connectivity index (χ0n) is 16.1. The van der Waals surface area contributed by atoms with Crippen LogP contribution >= 0.6 is 23.4 Å². The van der Waals surface area contributed by atoms with Crippen LogP contribution in [0, 0.1) is 6.92 Å². The van der Waals surface area contributed by atoms with Crippen molar-refractivity contribution in [1.82, 2.24) is 4.90 Å². The first kappa shape index (κ1) is 21.0. The molecule has 4 rings (SSSR count). The molecule has 2 N–H and O–H groups in total. The van der Waals surface area contributed by atoms with Gasteiger partial charge in [0.25, 0.3) is 10.0 Å². The molecular formula is C20H20ClN3O4S2. The van der Waals surface area contributed by atoms with Crippen LogP contribution in [0.15, 0.2) is 46.2 Å². The van der Waals surface area contributed by atoms with E-state index in [-0.39, 0.29) is 10.8 Å². The molecule has 1 atom stereocenters. The number of hydrogen-bond donors (Lipinski definition) is 2. The van der Waals surface area contributed by atoms with Gasteiger partial charge >= 0.3 is 0 Å². The quantitative estimate of drug-likeness (QED) is 0.674. The molecule has 1 fully saturated rings. The van der Waals surface area contributed by atoms with Gasteiger partial charge in [0.1, 0.15) is 0 Å². The Morgan fingerprint density at radius 2 is 1.93 bits per heavy atom. The van der Waals surface area contributed by atoms with E-state index in [4.69, 9.17) is 11.6 Å². The van der Waals surface area contributed by atoms with E-state index in [0.717, 1.165) is 24.6 Å². The van der Waals surface area contributed by atoms with Crippen LogP contribution in [-0.2, 0) is 19.6 Å². The third-order valence-corrected chi connectivity index (χ3v) is 7.94. The maximum atomic E-state index is 12.8. The highest BCUT2D eigenvalue weighted by molar-refractivity contribution is 8.01. The molecule has 1 unspecified atom stereocenters. The van der Waals surface area contributed by atoms with Gasteiger partial charge in [-0.3, -0.25) is 14.3 Å². The van der Waals surface area contributed by atoms with Crippen LogP contribution in [0.1, 0.15) is 18.4 Å². The summed E-state index contributed by atoms with van der Waals surface area (Å²) in [5.41, 5.74) is 1.49. The molecule has 0 saturated carbocycles. The second-order valence-corrected chi connectivity index (χ2v) is 10.5. The van der Waals surface area contributed by atoms with Gasteiger partial charge in [-0.25, -0.2) is 8.42 Å². The molecule has 2 aromatic rings. The Hall–Kier alpha value is -2.23. The number of benzene rings is 2. The summed E-state index contributed by atoms with van der Waals surface area (Å²) in [6.07, 6.45) is 1.89. The number of rotatable bonds is 4. The van der Waals surface area contributed by atoms with Crippen LogP contribution in [0.4, 0.5) is 11.4 Å². The minimum absolute atomic E-state index is 0.0146. The average Bonchev–Trinajstić information content (AvgIpc) is 3.23. The topological polar surface area (TPSA) is 95.6 Å². The first-order valence-electron chi connectivity index (χ1n) is 9.44. The Labute approximate surface area is 184 Å². The number of halogens is 1. The molecule has 10 heteroatoms. The molecule has 7 nitrogen and oxygen atoms in total. The van der Waals surface area contributed by atoms with Crippen molar-refractivity contribution in [1.29, 1.82) is 0 Å². The van der Waals surface area contributed by atoms with Gasteiger partial charge in [0.05, 0.1) is 16.3 Å². The van der Waals surface area contributed by atoms with Gasteiger partial charge in [-0.2, -0.15) is 0 Å². The van der Waals surface area contributed by atoms with Crippen LogP contribution in [0.5, 0.6) is 0 Å². The van der Waals surface area contributed by atoms with Crippen molar-refractivity contribution < 1.29 is 18.0 Å². The standard InChI is InChI=1S/C20H20ClN3O4S2/c1-12-10-13(21)4-6-15(12)23-30(27,28)14-5-7-17-16(11-14)22-19(25)18(29-17)20(26)24-8-2-3-9-24/h4-7,10-11,18,23H,2-3,8-9H2,1H3,(H,22,25). The zero-order valence-corrected chi connectivity index (χ0v) is 18.5. The molecule has 1 saturated heterocycles. The second-order valence-electron chi connectivity index (χ2n) is 7.24. The monoisotopic (exact) mass is 465 g/mol. The van der Waals surface area contributed by atoms with Crippen LogP contribution in [0.25, 0.3) is 0 Å². The molecule has 2 heterocycles. The number of nitrogens with zero attached hydrogens (tertiary/aromatic N) is 1. The van der Waals surface area contributed by atoms with Gasteiger partial charge in [0.2, 0.25) is 11.8 Å². The van der Waals surface area contributed by atoms with E-state index in [2.05, 4.69) is 10.0 Å². The highest BCUT2D eigenvalue weighted by Crippen LogP contribution is 2.38. The van der Waals surface area contributed by atoms with Gasteiger partial charge in [0.15, 0.2) is 5.25 Å². The maximum absolute atomic E-state index is 12.8. The summed E-state index contributed by atoms with van der Waals surface area (Å²) in [6, 6.07) is 9.36. The molecule has 2 amide bonds. The maximum Gasteiger partial charge on any atom is 0.261 e. The highest BCUT2D eigenvalue weighted by atomic mass is 35.5. The lowest BCUT2D eigenvalue weighted by Crippen LogP contribution is -2.43. The number of carbonyl (C=O) groups excluding carboxylic acids is 2. The number of hydrogen-bond acceptors (Lipinski definition) is 5. The van der Waals surface area contributed by atoms with E-state index in [0.29, 0.717) is 39.9 Å². The van der Waals surface area contributed by atoms with E-state index in [1.54, 1.807) is 36.1 Å². The Bertz CT molecular complexity index is 1130. The van der Waals surface area contributed by atoms with Crippen molar-refractivity contribution in [2.24, 2.45) is 0 Å². The predicted octanol–water partition coefficient (Wildman–Crippen LogP) is 3.48. The largest absolute Gasteiger partial charge is 0.341 e. The fourth-order valence-corrected chi connectivity index (χ4v) is 5.90. The van der Waals surface area contributed by atoms with Crippen molar-refractivity contribution in [2.45, 2.75) is 34.8 Å². The first-order valence-corrected chi connectivity index (χ1v) is 12.2. The summed E-state index contributed by atoms with van der Waals surface area (Å²) < 4.78 is 28.2. The Morgan fingerprint density at radius 1 is 1.20 bits per heavy atom. The molecule has 158 valence electrons. The lowest BCUT2D eigenvalue weighted by molar-refractivity contribution is -0.133. The molecule has 0 spiro atoms. The molecule has 0 radical (unpaired) electrons. The van der Waals surface area contributed by atoms with E-state index in [1.807, 2.05) is 0 Å². The Morgan fingerprint density at radius 3 is 2.63 bits per heavy atom. The normalized spacial score (nSPS) is 18.7. The number of anilines is 2. The van der Waals surface area contributed by atoms with Gasteiger partial charge < -0.3 is 10.2 Å². The van der Waals surface area contributed by atoms with Gasteiger partial charge in [-0.1, -0.05) is 11.6 Å². The number of thioether (sulfide) groups is 1. The van der Waals surface area contributed by atoms with E-state index < -0.39 is 21.2 Å². The predicted molar refractivity (Wildman–Crippen MR) is 118 cm³/mol. The third-order valence-electron chi connectivity index (χ3n) is 5.08. The summed E-state index contributed by atoms with van der Waals surface area (Å²) in [7, 11) is -3.87. The van der Waals surface area contributed by atoms with Gasteiger partial charge in [0, 0.05) is 23.0 Å². The molecule has 2 aliphatic heterocycles. The van der Waals surface area contributed by atoms with E-state index >= 15 is 0 Å². The van der Waals surface area contributed by atoms with Crippen molar-refractivity contribution in [3.63, 3.8) is 0 Å². The van der Waals surface area contributed by atoms with Crippen molar-refractivity contribution in [2.75, 3.05) is 23.1 Å². The van der Waals surface area contributed by atoms with E-state index in [9.17, 15) is 18.0 Å². The molecule has 30 heavy (non-hydrogen) atoms. The summed E-state index contributed by atoms with van der Waals surface area (Å²) in [5.74, 6) is -0.627. The lowest BCUT2D eigenvalue weighted by Gasteiger charge is -2.27. The van der Waals surface area contributed by atoms with Crippen LogP contribution in [-0.4, -0.2) is 43.5 Å². The minimum atomic E-state index is -3.87. The smallest absolute Gasteiger partial charge is 0.261 e. The average molecular weight is 466 g/mol. The van der Waals surface area contributed by atoms with Crippen LogP contribution in [0.3, 0.4) is 0 Å². The van der Waals surface area contributed by atoms with Gasteiger partial charge in [-0.05, 0) is 61.7 Å². The molecule has 2 aromatic carbocycles. The Kier molecular flexibility index (Phi) is 5.69. The van der Waals surface area contributed by atoms with E-state index in [1.165, 1.54) is 12.1 Å². The fraction of sp³-hybridized carbons (Fsp3) is 0.300. The number of sulfonamides is 1. The van der Waals surface area contributed by atoms with Crippen LogP contribution < -0.4 is 10.0 Å². The molecule has 0 aliphatic carbocycles. The zero-order chi connectivity index (χ0) is 21.5. The molecule has 0 bridgehead atoms. The SMILES string of the molecule is Cc1cc(Cl)ccc1NS(=O)(=O)c1ccc2c(c1)NC(=O)C(C(=O)N1CCCC1)S2. The number of aryl methyl sites for hydroxylation is 1. The first-order chi connectivity index (χ1) is 14.2. The number of nitrogens with one attached hydrogen (secondary N) is 2. The fourth-order valence-electron chi connectivity index (χ4n) is 3.47. The Balaban J connectivity index is 1.56. The minimum Gasteiger partial charge on any atom is -0.341 e. The van der Waals surface area contributed by atoms with Crippen molar-refractivity contribution in [3.05, 3.63) is 47.0 Å². The molecule has 0 aromatic heterocycles. The molecular weight excluding hydrogens is 446 g/mol. The molecule has 2 aliphatic rings. The van der Waals surface area contributed by atoms with Crippen LogP contribution in [0.2, 0.25) is 5.02 Å². The lowest BCUT2D eigenvalue weighted by atomic mass is 10.2. The summed E-state index contributed by atoms with van der Waals surface area (Å²) in [4.78, 5) is 27.5. The van der Waals surface area contributed by atoms with Crippen molar-refractivity contribution >= 4 is 56.6 Å². The second kappa shape index (κ2) is 8.13. The third kappa shape index (κ3) is 4.14. The highest BCUT2D eigenvalue weighted by Gasteiger charge is 2.37. The summed E-state index contributed by atoms with van der Waals surface area (Å²) in [6.45, 7) is 3.09. The van der Waals surface area contributed by atoms with Crippen molar-refractivity contribution in [3.8, 4) is 0 Å². The number of amides is 2. The summed E-state index contributed by atoms with van der Waals surface area (Å²) >= 11 is 7.08. The van der Waals surface area contributed by atoms with Gasteiger partial charge in [-0.15, -0.1) is 11.8 Å².